The summed E-state index contributed by atoms with van der Waals surface area (Å²) in [4.78, 5) is 9.32. The molecule has 0 saturated heterocycles. The molecule has 0 fully saturated rings. The third-order valence-corrected chi connectivity index (χ3v) is 5.10. The number of rotatable bonds is 5. The second-order valence-electron chi connectivity index (χ2n) is 6.15. The van der Waals surface area contributed by atoms with E-state index in [0.29, 0.717) is 6.04 Å². The largest absolute Gasteiger partial charge is 0.316 e. The molecule has 0 aliphatic heterocycles. The van der Waals surface area contributed by atoms with Crippen molar-refractivity contribution in [3.05, 3.63) is 32.2 Å². The Kier molecular flexibility index (Phi) is 4.94. The summed E-state index contributed by atoms with van der Waals surface area (Å²) in [5.74, 6) is 0. The molecule has 0 amide bonds. The van der Waals surface area contributed by atoms with Gasteiger partial charge in [-0.2, -0.15) is 0 Å². The van der Waals surface area contributed by atoms with Crippen LogP contribution in [0.4, 0.5) is 0 Å². The molecule has 0 bridgehead atoms. The Bertz CT molecular complexity index is 551. The first kappa shape index (κ1) is 15.6. The smallest absolute Gasteiger partial charge is 0.0944 e. The number of nitrogens with zero attached hydrogens (tertiary/aromatic N) is 2. The second-order valence-corrected chi connectivity index (χ2v) is 8.04. The minimum absolute atomic E-state index is 0.135. The van der Waals surface area contributed by atoms with Gasteiger partial charge in [0.2, 0.25) is 0 Å². The van der Waals surface area contributed by atoms with Crippen molar-refractivity contribution in [2.24, 2.45) is 0 Å². The van der Waals surface area contributed by atoms with Crippen molar-refractivity contribution < 1.29 is 0 Å². The van der Waals surface area contributed by atoms with Crippen LogP contribution in [0.3, 0.4) is 0 Å². The monoisotopic (exact) mass is 309 g/mol. The highest BCUT2D eigenvalue weighted by molar-refractivity contribution is 7.10. The second kappa shape index (κ2) is 6.33. The van der Waals surface area contributed by atoms with Gasteiger partial charge in [-0.3, -0.25) is 0 Å². The highest BCUT2D eigenvalue weighted by atomic mass is 32.1. The molecule has 1 atom stereocenters. The van der Waals surface area contributed by atoms with Crippen LogP contribution >= 0.6 is 22.7 Å². The van der Waals surface area contributed by atoms with Crippen LogP contribution in [-0.4, -0.2) is 23.1 Å². The number of aromatic nitrogens is 2. The highest BCUT2D eigenvalue weighted by Crippen LogP contribution is 2.24. The average molecular weight is 310 g/mol. The average Bonchev–Trinajstić information content (AvgIpc) is 2.97. The van der Waals surface area contributed by atoms with Gasteiger partial charge in [-0.05, 0) is 14.0 Å². The van der Waals surface area contributed by atoms with Gasteiger partial charge in [-0.15, -0.1) is 22.7 Å². The summed E-state index contributed by atoms with van der Waals surface area (Å²) in [6.45, 7) is 8.67. The lowest BCUT2D eigenvalue weighted by atomic mass is 9.93. The van der Waals surface area contributed by atoms with Crippen molar-refractivity contribution in [3.8, 4) is 0 Å². The highest BCUT2D eigenvalue weighted by Gasteiger charge is 2.19. The SMILES string of the molecule is CNC(Cc1nc(C)cs1)Cc1nc(C(C)(C)C)cs1. The molecule has 110 valence electrons. The van der Waals surface area contributed by atoms with Gasteiger partial charge in [0.1, 0.15) is 0 Å². The summed E-state index contributed by atoms with van der Waals surface area (Å²) in [6.07, 6.45) is 1.94. The Balaban J connectivity index is 2.01. The number of likely N-dealkylation sites (N-methyl/N-ethyl adjacent to an activating group) is 1. The Morgan fingerprint density at radius 2 is 1.70 bits per heavy atom. The molecule has 2 aromatic heterocycles. The van der Waals surface area contributed by atoms with E-state index in [1.165, 1.54) is 15.7 Å². The van der Waals surface area contributed by atoms with Gasteiger partial charge in [0.05, 0.1) is 15.7 Å². The molecule has 0 saturated carbocycles. The van der Waals surface area contributed by atoms with Crippen LogP contribution in [0, 0.1) is 6.92 Å². The minimum Gasteiger partial charge on any atom is -0.316 e. The lowest BCUT2D eigenvalue weighted by molar-refractivity contribution is 0.543. The zero-order chi connectivity index (χ0) is 14.8. The van der Waals surface area contributed by atoms with E-state index < -0.39 is 0 Å². The van der Waals surface area contributed by atoms with E-state index in [1.807, 2.05) is 14.0 Å². The Morgan fingerprint density at radius 1 is 1.10 bits per heavy atom. The summed E-state index contributed by atoms with van der Waals surface area (Å²) in [7, 11) is 2.02. The van der Waals surface area contributed by atoms with Crippen LogP contribution in [0.1, 0.15) is 42.2 Å². The van der Waals surface area contributed by atoms with E-state index in [1.54, 1.807) is 22.7 Å². The van der Waals surface area contributed by atoms with Crippen LogP contribution in [0.5, 0.6) is 0 Å². The number of nitrogens with one attached hydrogen (secondary N) is 1. The fraction of sp³-hybridized carbons (Fsp3) is 0.600. The standard InChI is InChI=1S/C15H23N3S2/c1-10-8-19-13(17-10)6-11(16-5)7-14-18-12(9-20-14)15(2,3)4/h8-9,11,16H,6-7H2,1-5H3. The van der Waals surface area contributed by atoms with Crippen molar-refractivity contribution in [1.82, 2.24) is 15.3 Å². The first-order valence-electron chi connectivity index (χ1n) is 6.91. The van der Waals surface area contributed by atoms with E-state index in [4.69, 9.17) is 4.98 Å². The third kappa shape index (κ3) is 4.11. The maximum Gasteiger partial charge on any atom is 0.0944 e. The zero-order valence-electron chi connectivity index (χ0n) is 12.9. The molecule has 0 aliphatic rings. The predicted octanol–water partition coefficient (Wildman–Crippen LogP) is 3.58. The molecule has 1 N–H and O–H groups in total. The zero-order valence-corrected chi connectivity index (χ0v) is 14.5. The fourth-order valence-electron chi connectivity index (χ4n) is 1.94. The molecular weight excluding hydrogens is 286 g/mol. The van der Waals surface area contributed by atoms with E-state index in [9.17, 15) is 0 Å². The number of hydrogen-bond acceptors (Lipinski definition) is 5. The van der Waals surface area contributed by atoms with Crippen molar-refractivity contribution in [3.63, 3.8) is 0 Å². The lowest BCUT2D eigenvalue weighted by Crippen LogP contribution is -2.30. The molecule has 1 unspecified atom stereocenters. The van der Waals surface area contributed by atoms with E-state index in [2.05, 4.69) is 41.8 Å². The normalized spacial score (nSPS) is 13.7. The van der Waals surface area contributed by atoms with E-state index in [0.717, 1.165) is 18.5 Å². The van der Waals surface area contributed by atoms with Gasteiger partial charge in [-0.25, -0.2) is 9.97 Å². The van der Waals surface area contributed by atoms with Crippen LogP contribution in [0.2, 0.25) is 0 Å². The molecule has 2 rings (SSSR count). The first-order valence-corrected chi connectivity index (χ1v) is 8.67. The molecule has 0 aliphatic carbocycles. The quantitative estimate of drug-likeness (QED) is 0.917. The van der Waals surface area contributed by atoms with Crippen LogP contribution in [-0.2, 0) is 18.3 Å². The Labute approximate surface area is 129 Å². The van der Waals surface area contributed by atoms with Gasteiger partial charge in [0, 0.05) is 40.8 Å². The van der Waals surface area contributed by atoms with Gasteiger partial charge < -0.3 is 5.32 Å². The van der Waals surface area contributed by atoms with Gasteiger partial charge in [-0.1, -0.05) is 20.8 Å². The van der Waals surface area contributed by atoms with Crippen LogP contribution < -0.4 is 5.32 Å². The number of aryl methyl sites for hydroxylation is 1. The maximum absolute atomic E-state index is 4.78. The molecule has 0 spiro atoms. The molecule has 2 aromatic rings. The fourth-order valence-corrected chi connectivity index (χ4v) is 3.90. The molecule has 3 nitrogen and oxygen atoms in total. The first-order chi connectivity index (χ1) is 9.38. The summed E-state index contributed by atoms with van der Waals surface area (Å²) in [5.41, 5.74) is 2.44. The lowest BCUT2D eigenvalue weighted by Gasteiger charge is -2.15. The van der Waals surface area contributed by atoms with Gasteiger partial charge >= 0.3 is 0 Å². The number of thiazole rings is 2. The maximum atomic E-state index is 4.78. The molecule has 2 heterocycles. The predicted molar refractivity (Wildman–Crippen MR) is 87.9 cm³/mol. The summed E-state index contributed by atoms with van der Waals surface area (Å²) < 4.78 is 0. The Hall–Kier alpha value is -0.780. The summed E-state index contributed by atoms with van der Waals surface area (Å²) in [6, 6.07) is 0.402. The van der Waals surface area contributed by atoms with E-state index >= 15 is 0 Å². The molecular formula is C15H23N3S2. The van der Waals surface area contributed by atoms with Crippen LogP contribution in [0.25, 0.3) is 0 Å². The van der Waals surface area contributed by atoms with Crippen molar-refractivity contribution in [2.75, 3.05) is 7.05 Å². The molecule has 20 heavy (non-hydrogen) atoms. The topological polar surface area (TPSA) is 37.8 Å². The van der Waals surface area contributed by atoms with Gasteiger partial charge in [0.25, 0.3) is 0 Å². The molecule has 0 radical (unpaired) electrons. The van der Waals surface area contributed by atoms with Crippen LogP contribution in [0.15, 0.2) is 10.8 Å². The summed E-state index contributed by atoms with van der Waals surface area (Å²) >= 11 is 3.51. The summed E-state index contributed by atoms with van der Waals surface area (Å²) in [5, 5.41) is 10.1. The van der Waals surface area contributed by atoms with E-state index in [-0.39, 0.29) is 5.41 Å². The molecule has 5 heteroatoms. The Morgan fingerprint density at radius 3 is 2.15 bits per heavy atom. The van der Waals surface area contributed by atoms with Crippen molar-refractivity contribution in [2.45, 2.75) is 52.0 Å². The third-order valence-electron chi connectivity index (χ3n) is 3.24. The minimum atomic E-state index is 0.135. The molecule has 0 aromatic carbocycles. The number of hydrogen-bond donors (Lipinski definition) is 1. The van der Waals surface area contributed by atoms with Crippen molar-refractivity contribution >= 4 is 22.7 Å². The van der Waals surface area contributed by atoms with Crippen molar-refractivity contribution in [1.29, 1.82) is 0 Å². The van der Waals surface area contributed by atoms with Gasteiger partial charge in [0.15, 0.2) is 0 Å².